The van der Waals surface area contributed by atoms with E-state index in [4.69, 9.17) is 5.73 Å². The van der Waals surface area contributed by atoms with E-state index in [1.54, 1.807) is 23.9 Å². The normalized spacial score (nSPS) is 10.5. The lowest BCUT2D eigenvalue weighted by atomic mass is 10.2. The number of hydrogen-bond donors (Lipinski definition) is 1. The molecule has 2 rings (SSSR count). The first kappa shape index (κ1) is 12.5. The average Bonchev–Trinajstić information content (AvgIpc) is 2.30. The highest BCUT2D eigenvalue weighted by atomic mass is 79.9. The third kappa shape index (κ3) is 3.48. The standard InChI is InChI=1S/C13H11BrFNS/c14-10-2-5-12(6-3-10)17-8-9-1-4-11(16)7-13(9)15/h1-7H,8,16H2. The SMILES string of the molecule is Nc1ccc(CSc2ccc(Br)cc2)c(F)c1. The van der Waals surface area contributed by atoms with Gasteiger partial charge in [-0.1, -0.05) is 22.0 Å². The van der Waals surface area contributed by atoms with Crippen molar-refractivity contribution in [3.63, 3.8) is 0 Å². The highest BCUT2D eigenvalue weighted by Crippen LogP contribution is 2.26. The van der Waals surface area contributed by atoms with Crippen molar-refractivity contribution in [2.45, 2.75) is 10.6 Å². The van der Waals surface area contributed by atoms with Gasteiger partial charge in [0, 0.05) is 20.8 Å². The number of nitrogens with two attached hydrogens (primary N) is 1. The van der Waals surface area contributed by atoms with Crippen LogP contribution in [0.25, 0.3) is 0 Å². The van der Waals surface area contributed by atoms with E-state index in [9.17, 15) is 4.39 Å². The average molecular weight is 312 g/mol. The number of hydrogen-bond acceptors (Lipinski definition) is 2. The molecule has 0 aliphatic carbocycles. The van der Waals surface area contributed by atoms with Crippen LogP contribution in [0.4, 0.5) is 10.1 Å². The Morgan fingerprint density at radius 3 is 2.47 bits per heavy atom. The fourth-order valence-electron chi connectivity index (χ4n) is 1.37. The number of thioether (sulfide) groups is 1. The van der Waals surface area contributed by atoms with E-state index >= 15 is 0 Å². The van der Waals surface area contributed by atoms with Crippen LogP contribution in [0.3, 0.4) is 0 Å². The maximum atomic E-state index is 13.5. The van der Waals surface area contributed by atoms with Gasteiger partial charge in [0.05, 0.1) is 0 Å². The quantitative estimate of drug-likeness (QED) is 0.669. The number of benzene rings is 2. The zero-order valence-electron chi connectivity index (χ0n) is 8.99. The first-order valence-corrected chi connectivity index (χ1v) is 6.85. The van der Waals surface area contributed by atoms with Crippen LogP contribution in [-0.2, 0) is 5.75 Å². The molecule has 0 fully saturated rings. The van der Waals surface area contributed by atoms with Crippen LogP contribution in [0, 0.1) is 5.82 Å². The summed E-state index contributed by atoms with van der Waals surface area (Å²) in [7, 11) is 0. The molecule has 4 heteroatoms. The lowest BCUT2D eigenvalue weighted by molar-refractivity contribution is 0.618. The van der Waals surface area contributed by atoms with Gasteiger partial charge in [-0.15, -0.1) is 11.8 Å². The van der Waals surface area contributed by atoms with Gasteiger partial charge in [-0.05, 0) is 42.0 Å². The maximum absolute atomic E-state index is 13.5. The first-order chi connectivity index (χ1) is 8.15. The van der Waals surface area contributed by atoms with E-state index in [0.717, 1.165) is 9.37 Å². The van der Waals surface area contributed by atoms with Crippen LogP contribution >= 0.6 is 27.7 Å². The molecule has 2 aromatic carbocycles. The molecule has 0 saturated heterocycles. The second-order valence-corrected chi connectivity index (χ2v) is 5.56. The highest BCUT2D eigenvalue weighted by Gasteiger charge is 2.03. The minimum Gasteiger partial charge on any atom is -0.399 e. The van der Waals surface area contributed by atoms with Gasteiger partial charge >= 0.3 is 0 Å². The van der Waals surface area contributed by atoms with Crippen LogP contribution in [0.5, 0.6) is 0 Å². The van der Waals surface area contributed by atoms with Crippen molar-refractivity contribution in [2.75, 3.05) is 5.73 Å². The molecule has 0 spiro atoms. The number of nitrogen functional groups attached to an aromatic ring is 1. The Hall–Kier alpha value is -1.00. The summed E-state index contributed by atoms with van der Waals surface area (Å²) in [5, 5.41) is 0. The molecule has 0 aliphatic rings. The van der Waals surface area contributed by atoms with E-state index in [1.807, 2.05) is 24.3 Å². The van der Waals surface area contributed by atoms with Crippen LogP contribution in [0.15, 0.2) is 51.8 Å². The predicted octanol–water partition coefficient (Wildman–Crippen LogP) is 4.46. The fourth-order valence-corrected chi connectivity index (χ4v) is 2.52. The Labute approximate surface area is 112 Å². The molecule has 0 aliphatic heterocycles. The topological polar surface area (TPSA) is 26.0 Å². The van der Waals surface area contributed by atoms with E-state index in [-0.39, 0.29) is 5.82 Å². The van der Waals surface area contributed by atoms with Crippen molar-refractivity contribution in [1.82, 2.24) is 0 Å². The van der Waals surface area contributed by atoms with Gasteiger partial charge in [0.15, 0.2) is 0 Å². The van der Waals surface area contributed by atoms with Crippen molar-refractivity contribution in [2.24, 2.45) is 0 Å². The molecule has 0 unspecified atom stereocenters. The smallest absolute Gasteiger partial charge is 0.129 e. The summed E-state index contributed by atoms with van der Waals surface area (Å²) in [5.41, 5.74) is 6.63. The van der Waals surface area contributed by atoms with E-state index in [0.29, 0.717) is 17.0 Å². The second-order valence-electron chi connectivity index (χ2n) is 3.59. The highest BCUT2D eigenvalue weighted by molar-refractivity contribution is 9.10. The molecular weight excluding hydrogens is 301 g/mol. The summed E-state index contributed by atoms with van der Waals surface area (Å²) in [6, 6.07) is 12.8. The third-order valence-electron chi connectivity index (χ3n) is 2.29. The predicted molar refractivity (Wildman–Crippen MR) is 74.5 cm³/mol. The number of anilines is 1. The van der Waals surface area contributed by atoms with Crippen molar-refractivity contribution in [3.8, 4) is 0 Å². The molecule has 1 nitrogen and oxygen atoms in total. The molecule has 0 atom stereocenters. The van der Waals surface area contributed by atoms with Crippen molar-refractivity contribution < 1.29 is 4.39 Å². The first-order valence-electron chi connectivity index (χ1n) is 5.07. The molecule has 0 saturated carbocycles. The zero-order chi connectivity index (χ0) is 12.3. The molecule has 17 heavy (non-hydrogen) atoms. The molecule has 88 valence electrons. The maximum Gasteiger partial charge on any atom is 0.129 e. The largest absolute Gasteiger partial charge is 0.399 e. The lowest BCUT2D eigenvalue weighted by Crippen LogP contribution is -1.91. The minimum atomic E-state index is -0.241. The van der Waals surface area contributed by atoms with E-state index in [1.165, 1.54) is 6.07 Å². The van der Waals surface area contributed by atoms with Gasteiger partial charge in [-0.3, -0.25) is 0 Å². The molecule has 0 heterocycles. The van der Waals surface area contributed by atoms with Gasteiger partial charge in [-0.25, -0.2) is 4.39 Å². The van der Waals surface area contributed by atoms with Gasteiger partial charge in [-0.2, -0.15) is 0 Å². The Morgan fingerprint density at radius 1 is 1.12 bits per heavy atom. The van der Waals surface area contributed by atoms with Crippen LogP contribution in [-0.4, -0.2) is 0 Å². The van der Waals surface area contributed by atoms with Crippen LogP contribution < -0.4 is 5.73 Å². The Bertz CT molecular complexity index is 513. The van der Waals surface area contributed by atoms with Crippen LogP contribution in [0.1, 0.15) is 5.56 Å². The molecule has 0 amide bonds. The number of halogens is 2. The molecule has 2 aromatic rings. The summed E-state index contributed by atoms with van der Waals surface area (Å²) >= 11 is 4.98. The molecular formula is C13H11BrFNS. The molecule has 0 bridgehead atoms. The third-order valence-corrected chi connectivity index (χ3v) is 3.87. The van der Waals surface area contributed by atoms with Crippen molar-refractivity contribution in [1.29, 1.82) is 0 Å². The molecule has 2 N–H and O–H groups in total. The van der Waals surface area contributed by atoms with Crippen LogP contribution in [0.2, 0.25) is 0 Å². The fraction of sp³-hybridized carbons (Fsp3) is 0.0769. The lowest BCUT2D eigenvalue weighted by Gasteiger charge is -2.04. The van der Waals surface area contributed by atoms with Gasteiger partial charge in [0.25, 0.3) is 0 Å². The number of rotatable bonds is 3. The monoisotopic (exact) mass is 311 g/mol. The van der Waals surface area contributed by atoms with Gasteiger partial charge < -0.3 is 5.73 Å². The molecule has 0 radical (unpaired) electrons. The molecule has 0 aromatic heterocycles. The summed E-state index contributed by atoms with van der Waals surface area (Å²) in [6.45, 7) is 0. The van der Waals surface area contributed by atoms with Crippen molar-refractivity contribution in [3.05, 3.63) is 58.3 Å². The zero-order valence-corrected chi connectivity index (χ0v) is 11.4. The Morgan fingerprint density at radius 2 is 1.82 bits per heavy atom. The summed E-state index contributed by atoms with van der Waals surface area (Å²) in [5.74, 6) is 0.364. The summed E-state index contributed by atoms with van der Waals surface area (Å²) in [4.78, 5) is 1.12. The summed E-state index contributed by atoms with van der Waals surface area (Å²) < 4.78 is 14.6. The van der Waals surface area contributed by atoms with Gasteiger partial charge in [0.2, 0.25) is 0 Å². The van der Waals surface area contributed by atoms with E-state index in [2.05, 4.69) is 15.9 Å². The van der Waals surface area contributed by atoms with Crippen molar-refractivity contribution >= 4 is 33.4 Å². The Balaban J connectivity index is 2.04. The van der Waals surface area contributed by atoms with E-state index < -0.39 is 0 Å². The summed E-state index contributed by atoms with van der Waals surface area (Å²) in [6.07, 6.45) is 0. The minimum absolute atomic E-state index is 0.241. The van der Waals surface area contributed by atoms with Gasteiger partial charge in [0.1, 0.15) is 5.82 Å². The second kappa shape index (κ2) is 5.56. The Kier molecular flexibility index (Phi) is 4.07.